The third-order valence-corrected chi connectivity index (χ3v) is 7.65. The van der Waals surface area contributed by atoms with Gasteiger partial charge in [0, 0.05) is 12.7 Å². The lowest BCUT2D eigenvalue weighted by Crippen LogP contribution is -2.32. The van der Waals surface area contributed by atoms with Gasteiger partial charge in [0.15, 0.2) is 0 Å². The molecule has 1 N–H and O–H groups in total. The first-order valence-electron chi connectivity index (χ1n) is 11.0. The van der Waals surface area contributed by atoms with Crippen LogP contribution in [0.5, 0.6) is 0 Å². The number of carbonyl (C=O) groups is 1. The number of carbonyl (C=O) groups excluding carboxylic acids is 1. The monoisotopic (exact) mass is 466 g/mol. The molecule has 8 heteroatoms. The van der Waals surface area contributed by atoms with Gasteiger partial charge in [0.1, 0.15) is 10.8 Å². The Morgan fingerprint density at radius 3 is 2.75 bits per heavy atom. The second kappa shape index (κ2) is 9.81. The van der Waals surface area contributed by atoms with E-state index in [1.807, 2.05) is 0 Å². The molecule has 0 radical (unpaired) electrons. The molecule has 2 aliphatic rings. The molecular weight excluding hydrogens is 440 g/mol. The van der Waals surface area contributed by atoms with Gasteiger partial charge < -0.3 is 5.32 Å². The van der Waals surface area contributed by atoms with Gasteiger partial charge in [0.2, 0.25) is 0 Å². The Morgan fingerprint density at radius 1 is 1.19 bits per heavy atom. The maximum absolute atomic E-state index is 13.5. The first-order valence-corrected chi connectivity index (χ1v) is 12.0. The summed E-state index contributed by atoms with van der Waals surface area (Å²) < 4.78 is 52.1. The first kappa shape index (κ1) is 23.1. The topological polar surface area (TPSA) is 42.0 Å². The molecule has 0 saturated heterocycles. The minimum absolute atomic E-state index is 0.136. The number of fused-ring (bicyclic) bond motifs is 2. The number of nitrogens with zero attached hydrogens (tertiary/aromatic N) is 1. The number of hydrogen-bond donors (Lipinski definition) is 1. The third kappa shape index (κ3) is 5.63. The van der Waals surface area contributed by atoms with E-state index in [1.165, 1.54) is 37.4 Å². The molecule has 3 unspecified atom stereocenters. The van der Waals surface area contributed by atoms with Crippen LogP contribution in [0, 0.1) is 23.6 Å². The van der Waals surface area contributed by atoms with E-state index in [4.69, 9.17) is 0 Å². The van der Waals surface area contributed by atoms with E-state index in [1.54, 1.807) is 18.3 Å². The molecular formula is C24H26F4N2OS. The molecule has 172 valence electrons. The van der Waals surface area contributed by atoms with E-state index < -0.39 is 17.6 Å². The van der Waals surface area contributed by atoms with E-state index in [-0.39, 0.29) is 5.91 Å². The molecule has 0 aliphatic heterocycles. The minimum Gasteiger partial charge on any atom is -0.352 e. The number of amides is 1. The highest BCUT2D eigenvalue weighted by Gasteiger charge is 2.39. The van der Waals surface area contributed by atoms with Gasteiger partial charge in [-0.2, -0.15) is 13.2 Å². The molecule has 1 amide bonds. The van der Waals surface area contributed by atoms with Gasteiger partial charge >= 0.3 is 6.18 Å². The highest BCUT2D eigenvalue weighted by Crippen LogP contribution is 2.48. The summed E-state index contributed by atoms with van der Waals surface area (Å²) in [5, 5.41) is 3.67. The van der Waals surface area contributed by atoms with Crippen LogP contribution in [-0.4, -0.2) is 23.2 Å². The van der Waals surface area contributed by atoms with Crippen molar-refractivity contribution in [2.75, 3.05) is 12.3 Å². The average molecular weight is 467 g/mol. The molecule has 0 spiro atoms. The zero-order valence-corrected chi connectivity index (χ0v) is 18.4. The van der Waals surface area contributed by atoms with Gasteiger partial charge in [0.25, 0.3) is 5.91 Å². The van der Waals surface area contributed by atoms with Crippen LogP contribution in [0.2, 0.25) is 0 Å². The van der Waals surface area contributed by atoms with Crippen LogP contribution in [0.4, 0.5) is 17.6 Å². The molecule has 2 aliphatic carbocycles. The predicted octanol–water partition coefficient (Wildman–Crippen LogP) is 6.13. The van der Waals surface area contributed by atoms with Crippen molar-refractivity contribution in [1.82, 2.24) is 10.3 Å². The number of aromatic nitrogens is 1. The minimum atomic E-state index is -4.57. The van der Waals surface area contributed by atoms with Crippen LogP contribution in [0.1, 0.15) is 53.6 Å². The number of alkyl halides is 3. The number of nitrogens with one attached hydrogen (secondary N) is 1. The largest absolute Gasteiger partial charge is 0.416 e. The molecule has 1 heterocycles. The van der Waals surface area contributed by atoms with Crippen LogP contribution >= 0.6 is 11.8 Å². The highest BCUT2D eigenvalue weighted by atomic mass is 32.2. The van der Waals surface area contributed by atoms with Crippen molar-refractivity contribution in [3.63, 3.8) is 0 Å². The fraction of sp³-hybridized carbons (Fsp3) is 0.500. The zero-order valence-electron chi connectivity index (χ0n) is 17.6. The summed E-state index contributed by atoms with van der Waals surface area (Å²) in [6, 6.07) is 6.10. The lowest BCUT2D eigenvalue weighted by molar-refractivity contribution is -0.137. The second-order valence-corrected chi connectivity index (χ2v) is 9.88. The lowest BCUT2D eigenvalue weighted by atomic mass is 9.89. The Hall–Kier alpha value is -2.09. The van der Waals surface area contributed by atoms with Crippen molar-refractivity contribution < 1.29 is 22.4 Å². The number of rotatable bonds is 8. The van der Waals surface area contributed by atoms with Gasteiger partial charge in [-0.05, 0) is 91.5 Å². The third-order valence-electron chi connectivity index (χ3n) is 6.56. The first-order chi connectivity index (χ1) is 15.3. The maximum Gasteiger partial charge on any atom is 0.416 e. The number of benzene rings is 1. The van der Waals surface area contributed by atoms with Crippen molar-refractivity contribution in [3.05, 3.63) is 59.0 Å². The summed E-state index contributed by atoms with van der Waals surface area (Å²) >= 11 is 1.39. The Labute approximate surface area is 189 Å². The quantitative estimate of drug-likeness (QED) is 0.289. The van der Waals surface area contributed by atoms with Crippen LogP contribution in [0.25, 0.3) is 0 Å². The SMILES string of the molecule is O=C(NCC1CC2CCC1C2)c1cccnc1SCCCc1cc(F)cc(C(F)(F)F)c1. The smallest absolute Gasteiger partial charge is 0.352 e. The summed E-state index contributed by atoms with van der Waals surface area (Å²) in [4.78, 5) is 17.1. The molecule has 1 aromatic heterocycles. The fourth-order valence-corrected chi connectivity index (χ4v) is 5.96. The average Bonchev–Trinajstić information content (AvgIpc) is 3.38. The van der Waals surface area contributed by atoms with Crippen molar-refractivity contribution in [2.45, 2.75) is 49.7 Å². The molecule has 3 nitrogen and oxygen atoms in total. The predicted molar refractivity (Wildman–Crippen MR) is 116 cm³/mol. The van der Waals surface area contributed by atoms with Gasteiger partial charge in [-0.25, -0.2) is 9.37 Å². The molecule has 32 heavy (non-hydrogen) atoms. The van der Waals surface area contributed by atoms with E-state index in [2.05, 4.69) is 10.3 Å². The summed E-state index contributed by atoms with van der Waals surface area (Å²) in [5.74, 6) is 1.67. The van der Waals surface area contributed by atoms with Crippen molar-refractivity contribution in [3.8, 4) is 0 Å². The number of aryl methyl sites for hydroxylation is 1. The molecule has 2 saturated carbocycles. The van der Waals surface area contributed by atoms with Gasteiger partial charge in [-0.3, -0.25) is 4.79 Å². The van der Waals surface area contributed by atoms with E-state index in [0.29, 0.717) is 53.3 Å². The fourth-order valence-electron chi connectivity index (χ4n) is 5.03. The Morgan fingerprint density at radius 2 is 2.03 bits per heavy atom. The number of hydrogen-bond acceptors (Lipinski definition) is 3. The molecule has 1 aromatic carbocycles. The van der Waals surface area contributed by atoms with Gasteiger partial charge in [-0.15, -0.1) is 11.8 Å². The Bertz CT molecular complexity index is 965. The molecule has 2 aromatic rings. The Kier molecular flexibility index (Phi) is 7.08. The van der Waals surface area contributed by atoms with Gasteiger partial charge in [0.05, 0.1) is 11.1 Å². The summed E-state index contributed by atoms with van der Waals surface area (Å²) in [6.07, 6.45) is 3.00. The normalized spacial score (nSPS) is 22.3. The van der Waals surface area contributed by atoms with Crippen molar-refractivity contribution >= 4 is 17.7 Å². The molecule has 4 rings (SSSR count). The number of pyridine rings is 1. The lowest BCUT2D eigenvalue weighted by Gasteiger charge is -2.22. The molecule has 3 atom stereocenters. The summed E-state index contributed by atoms with van der Waals surface area (Å²) in [7, 11) is 0. The molecule has 2 fully saturated rings. The number of halogens is 4. The molecule has 2 bridgehead atoms. The van der Waals surface area contributed by atoms with Crippen LogP contribution in [0.3, 0.4) is 0 Å². The second-order valence-electron chi connectivity index (χ2n) is 8.80. The van der Waals surface area contributed by atoms with Crippen LogP contribution in [-0.2, 0) is 12.6 Å². The van der Waals surface area contributed by atoms with E-state index in [0.717, 1.165) is 24.0 Å². The maximum atomic E-state index is 13.5. The standard InChI is InChI=1S/C24H26F4N2OS/c25-20-12-15(11-19(13-20)24(26,27)28)3-2-8-32-23-21(4-1-7-29-23)22(31)30-14-18-10-16-5-6-17(18)9-16/h1,4,7,11-13,16-18H,2-3,5-6,8-10,14H2,(H,30,31). The number of thioether (sulfide) groups is 1. The van der Waals surface area contributed by atoms with Crippen molar-refractivity contribution in [1.29, 1.82) is 0 Å². The van der Waals surface area contributed by atoms with E-state index in [9.17, 15) is 22.4 Å². The Balaban J connectivity index is 1.29. The zero-order chi connectivity index (χ0) is 22.7. The van der Waals surface area contributed by atoms with E-state index >= 15 is 0 Å². The summed E-state index contributed by atoms with van der Waals surface area (Å²) in [6.45, 7) is 0.695. The van der Waals surface area contributed by atoms with Crippen LogP contribution in [0.15, 0.2) is 41.6 Å². The van der Waals surface area contributed by atoms with Crippen LogP contribution < -0.4 is 5.32 Å². The van der Waals surface area contributed by atoms with Gasteiger partial charge in [-0.1, -0.05) is 6.42 Å². The van der Waals surface area contributed by atoms with Crippen molar-refractivity contribution in [2.24, 2.45) is 17.8 Å². The summed E-state index contributed by atoms with van der Waals surface area (Å²) in [5.41, 5.74) is -0.145. The highest BCUT2D eigenvalue weighted by molar-refractivity contribution is 7.99.